The lowest BCUT2D eigenvalue weighted by atomic mass is 9.56. The molecule has 0 saturated heterocycles. The molecule has 0 amide bonds. The van der Waals surface area contributed by atoms with Crippen molar-refractivity contribution in [2.75, 3.05) is 19.8 Å². The maximum Gasteiger partial charge on any atom is 0.269 e. The van der Waals surface area contributed by atoms with Crippen molar-refractivity contribution < 1.29 is 38.6 Å². The van der Waals surface area contributed by atoms with E-state index in [-0.39, 0.29) is 73.5 Å². The zero-order valence-electron chi connectivity index (χ0n) is 33.0. The maximum atomic E-state index is 14.7. The first-order valence-corrected chi connectivity index (χ1v) is 21.2. The Balaban J connectivity index is 1.36. The van der Waals surface area contributed by atoms with Crippen LogP contribution in [0.4, 0.5) is 10.1 Å². The van der Waals surface area contributed by atoms with Gasteiger partial charge in [-0.25, -0.2) is 4.39 Å². The molecule has 2 aliphatic carbocycles. The van der Waals surface area contributed by atoms with Crippen LogP contribution in [0.2, 0.25) is 0 Å². The van der Waals surface area contributed by atoms with Gasteiger partial charge in [-0.05, 0) is 97.2 Å². The fourth-order valence-corrected chi connectivity index (χ4v) is 10.2. The molecule has 0 radical (unpaired) electrons. The van der Waals surface area contributed by atoms with Crippen molar-refractivity contribution in [3.05, 3.63) is 154 Å². The lowest BCUT2D eigenvalue weighted by molar-refractivity contribution is -0.384. The predicted molar refractivity (Wildman–Crippen MR) is 226 cm³/mol. The van der Waals surface area contributed by atoms with E-state index in [0.717, 1.165) is 53.0 Å². The van der Waals surface area contributed by atoms with Gasteiger partial charge in [0.25, 0.3) is 5.69 Å². The number of non-ortho nitro benzene ring substituents is 1. The van der Waals surface area contributed by atoms with E-state index < -0.39 is 10.7 Å². The van der Waals surface area contributed by atoms with Gasteiger partial charge in [0.1, 0.15) is 30.5 Å². The first-order valence-electron chi connectivity index (χ1n) is 20.4. The molecule has 7 rings (SSSR count). The normalized spacial score (nSPS) is 23.7. The third-order valence-electron chi connectivity index (χ3n) is 11.5. The Kier molecular flexibility index (Phi) is 14.2. The predicted octanol–water partition coefficient (Wildman–Crippen LogP) is 9.94. The molecular formula is C47H51FN2O8S. The Labute approximate surface area is 348 Å². The van der Waals surface area contributed by atoms with Gasteiger partial charge in [-0.3, -0.25) is 10.1 Å². The van der Waals surface area contributed by atoms with E-state index in [0.29, 0.717) is 36.3 Å². The maximum absolute atomic E-state index is 14.7. The highest BCUT2D eigenvalue weighted by Crippen LogP contribution is 2.63. The average molecular weight is 823 g/mol. The number of benzene rings is 4. The molecular weight excluding hydrogens is 772 g/mol. The number of nitro groups is 1. The lowest BCUT2D eigenvalue weighted by Crippen LogP contribution is -2.64. The summed E-state index contributed by atoms with van der Waals surface area (Å²) in [5.74, 6) is -0.571. The number of ether oxygens (including phenoxy) is 3. The lowest BCUT2D eigenvalue weighted by Gasteiger charge is -2.58. The minimum absolute atomic E-state index is 0.00143. The van der Waals surface area contributed by atoms with Gasteiger partial charge in [-0.1, -0.05) is 66.5 Å². The smallest absolute Gasteiger partial charge is 0.269 e. The molecule has 1 heterocycles. The van der Waals surface area contributed by atoms with Crippen LogP contribution in [0.25, 0.3) is 0 Å². The molecule has 310 valence electrons. The summed E-state index contributed by atoms with van der Waals surface area (Å²) in [5, 5.41) is 35.6. The number of nitrogens with zero attached hydrogens (tertiary/aromatic N) is 2. The Morgan fingerprint density at radius 3 is 2.42 bits per heavy atom. The highest BCUT2D eigenvalue weighted by molar-refractivity contribution is 8.00. The fraction of sp³-hybridized carbons (Fsp3) is 0.383. The first-order chi connectivity index (χ1) is 28.8. The van der Waals surface area contributed by atoms with E-state index in [4.69, 9.17) is 24.2 Å². The van der Waals surface area contributed by atoms with Crippen molar-refractivity contribution >= 4 is 23.2 Å². The number of hydrogen-bond acceptors (Lipinski definition) is 10. The molecule has 0 aromatic heterocycles. The number of nitro benzene ring substituents is 1. The van der Waals surface area contributed by atoms with Crippen molar-refractivity contribution in [2.45, 2.75) is 80.0 Å². The van der Waals surface area contributed by atoms with Crippen molar-refractivity contribution in [3.63, 3.8) is 0 Å². The van der Waals surface area contributed by atoms with E-state index >= 15 is 0 Å². The van der Waals surface area contributed by atoms with Gasteiger partial charge in [0.15, 0.2) is 0 Å². The van der Waals surface area contributed by atoms with Crippen molar-refractivity contribution in [2.24, 2.45) is 22.9 Å². The molecule has 1 fully saturated rings. The zero-order chi connectivity index (χ0) is 41.2. The number of allylic oxidation sites excluding steroid dienone is 1. The minimum atomic E-state index is -1.17. The highest BCUT2D eigenvalue weighted by Gasteiger charge is 2.64. The SMILES string of the molecule is C=CCOC12Oc3ccc(OCc4ccccc4F)cc3C3C(CCCCO)C(CCCCO)C=C(C(=NOCc4ccc([N+](=O)[O-])cc4)CC1Sc1ccccc1)C32. The van der Waals surface area contributed by atoms with E-state index in [1.807, 2.05) is 36.4 Å². The number of aliphatic hydroxyl groups excluding tert-OH is 2. The molecule has 59 heavy (non-hydrogen) atoms. The average Bonchev–Trinajstić information content (AvgIpc) is 3.25. The Morgan fingerprint density at radius 2 is 1.69 bits per heavy atom. The topological polar surface area (TPSA) is 133 Å². The van der Waals surface area contributed by atoms with Crippen LogP contribution in [0.3, 0.4) is 0 Å². The summed E-state index contributed by atoms with van der Waals surface area (Å²) in [6, 6.07) is 28.8. The molecule has 6 atom stereocenters. The van der Waals surface area contributed by atoms with Gasteiger partial charge in [0.05, 0.1) is 28.4 Å². The summed E-state index contributed by atoms with van der Waals surface area (Å²) in [7, 11) is 0. The summed E-state index contributed by atoms with van der Waals surface area (Å²) in [5.41, 5.74) is 3.91. The molecule has 0 bridgehead atoms. The zero-order valence-corrected chi connectivity index (χ0v) is 33.8. The molecule has 3 aliphatic rings. The van der Waals surface area contributed by atoms with Gasteiger partial charge >= 0.3 is 0 Å². The third-order valence-corrected chi connectivity index (χ3v) is 12.9. The van der Waals surface area contributed by atoms with Crippen LogP contribution in [0.5, 0.6) is 11.5 Å². The summed E-state index contributed by atoms with van der Waals surface area (Å²) in [6.45, 7) is 4.62. The van der Waals surface area contributed by atoms with Gasteiger partial charge in [0, 0.05) is 53.7 Å². The van der Waals surface area contributed by atoms with Crippen molar-refractivity contribution in [3.8, 4) is 11.5 Å². The number of hydrogen-bond donors (Lipinski definition) is 2. The largest absolute Gasteiger partial charge is 0.489 e. The standard InChI is InChI=1S/C47H51FN2O8S/c1-2-26-56-47-44(59-37-14-4-3-5-15-37)29-42(49-57-30-32-18-20-35(21-19-32)50(53)54)39-27-33(12-8-10-24-51)38(16-9-11-25-52)45(46(39)47)40-28-36(22-23-43(40)58-47)55-31-34-13-6-7-17-41(34)48/h2-7,13-15,17-23,27-28,33,38,44-46,51-52H,1,8-12,16,24-26,29-31H2. The molecule has 6 unspecified atom stereocenters. The molecule has 4 aromatic carbocycles. The summed E-state index contributed by atoms with van der Waals surface area (Å²) in [6.07, 6.45) is 9.15. The number of fused-ring (bicyclic) bond motifs is 2. The number of aliphatic hydroxyl groups is 2. The molecule has 10 nitrogen and oxygen atoms in total. The van der Waals surface area contributed by atoms with Gasteiger partial charge < -0.3 is 29.3 Å². The molecule has 1 saturated carbocycles. The molecule has 4 aromatic rings. The number of rotatable bonds is 20. The number of halogens is 1. The van der Waals surface area contributed by atoms with Crippen LogP contribution in [-0.4, -0.2) is 51.7 Å². The van der Waals surface area contributed by atoms with Crippen molar-refractivity contribution in [1.82, 2.24) is 0 Å². The second-order valence-electron chi connectivity index (χ2n) is 15.3. The second-order valence-corrected chi connectivity index (χ2v) is 16.5. The summed E-state index contributed by atoms with van der Waals surface area (Å²) < 4.78 is 35.2. The third kappa shape index (κ3) is 9.57. The molecule has 1 aliphatic heterocycles. The number of thioether (sulfide) groups is 1. The number of unbranched alkanes of at least 4 members (excludes halogenated alkanes) is 2. The molecule has 0 spiro atoms. The van der Waals surface area contributed by atoms with Crippen LogP contribution in [0.15, 0.2) is 131 Å². The molecule has 12 heteroatoms. The Morgan fingerprint density at radius 1 is 0.949 bits per heavy atom. The van der Waals surface area contributed by atoms with E-state index in [9.17, 15) is 24.7 Å². The van der Waals surface area contributed by atoms with Crippen LogP contribution >= 0.6 is 11.8 Å². The quantitative estimate of drug-likeness (QED) is 0.0387. The van der Waals surface area contributed by atoms with E-state index in [2.05, 4.69) is 24.8 Å². The highest BCUT2D eigenvalue weighted by atomic mass is 32.2. The van der Waals surface area contributed by atoms with Crippen LogP contribution in [0, 0.1) is 33.7 Å². The van der Waals surface area contributed by atoms with Crippen molar-refractivity contribution in [1.29, 1.82) is 0 Å². The first kappa shape index (κ1) is 42.1. The van der Waals surface area contributed by atoms with Gasteiger partial charge in [0.2, 0.25) is 5.79 Å². The summed E-state index contributed by atoms with van der Waals surface area (Å²) in [4.78, 5) is 18.0. The molecule has 2 N–H and O–H groups in total. The van der Waals surface area contributed by atoms with Gasteiger partial charge in [-0.2, -0.15) is 0 Å². The van der Waals surface area contributed by atoms with E-state index in [1.165, 1.54) is 18.2 Å². The fourth-order valence-electron chi connectivity index (χ4n) is 8.85. The number of oxime groups is 1. The summed E-state index contributed by atoms with van der Waals surface area (Å²) >= 11 is 1.67. The monoisotopic (exact) mass is 822 g/mol. The Bertz CT molecular complexity index is 2110. The minimum Gasteiger partial charge on any atom is -0.489 e. The van der Waals surface area contributed by atoms with Gasteiger partial charge in [-0.15, -0.1) is 18.3 Å². The Hall–Kier alpha value is -5.01. The second kappa shape index (κ2) is 19.8. The van der Waals surface area contributed by atoms with Crippen LogP contribution in [-0.2, 0) is 22.8 Å². The van der Waals surface area contributed by atoms with E-state index in [1.54, 1.807) is 48.2 Å². The van der Waals surface area contributed by atoms with Crippen LogP contribution in [0.1, 0.15) is 67.6 Å². The van der Waals surface area contributed by atoms with Crippen LogP contribution < -0.4 is 9.47 Å².